The molecule has 1 aliphatic heterocycles. The third kappa shape index (κ3) is 5.72. The molecule has 34 heavy (non-hydrogen) atoms. The number of ether oxygens (including phenoxy) is 2. The van der Waals surface area contributed by atoms with Crippen LogP contribution in [0.4, 0.5) is 5.69 Å². The Morgan fingerprint density at radius 2 is 1.82 bits per heavy atom. The maximum atomic E-state index is 13.8. The summed E-state index contributed by atoms with van der Waals surface area (Å²) in [4.78, 5) is 28.0. The topological polar surface area (TPSA) is 99.2 Å². The Hall–Kier alpha value is -2.17. The van der Waals surface area contributed by atoms with E-state index in [0.29, 0.717) is 26.9 Å². The molecule has 1 aliphatic rings. The van der Waals surface area contributed by atoms with Gasteiger partial charge in [0.2, 0.25) is 6.10 Å². The van der Waals surface area contributed by atoms with E-state index in [0.717, 1.165) is 6.26 Å². The average molecular weight is 530 g/mol. The van der Waals surface area contributed by atoms with E-state index in [1.165, 1.54) is 4.90 Å². The smallest absolute Gasteiger partial charge is 0.340 e. The summed E-state index contributed by atoms with van der Waals surface area (Å²) in [5.41, 5.74) is 1.50. The fourth-order valence-corrected chi connectivity index (χ4v) is 4.75. The number of amides is 1. The number of carbonyl (C=O) groups is 2. The Morgan fingerprint density at radius 1 is 1.15 bits per heavy atom. The molecule has 2 aromatic rings. The molecule has 0 aromatic heterocycles. The van der Waals surface area contributed by atoms with Crippen molar-refractivity contribution in [3.05, 3.63) is 63.6 Å². The van der Waals surface area contributed by atoms with E-state index in [1.807, 2.05) is 0 Å². The van der Waals surface area contributed by atoms with Gasteiger partial charge in [0.1, 0.15) is 6.10 Å². The zero-order valence-corrected chi connectivity index (χ0v) is 21.4. The minimum Gasteiger partial charge on any atom is -0.464 e. The maximum Gasteiger partial charge on any atom is 0.340 e. The van der Waals surface area contributed by atoms with Crippen LogP contribution in [0.15, 0.2) is 42.5 Å². The lowest BCUT2D eigenvalue weighted by atomic mass is 9.99. The molecule has 0 N–H and O–H groups in total. The van der Waals surface area contributed by atoms with Gasteiger partial charge < -0.3 is 14.4 Å². The number of fused-ring (bicyclic) bond motifs is 1. The van der Waals surface area contributed by atoms with Crippen molar-refractivity contribution in [1.82, 2.24) is 0 Å². The van der Waals surface area contributed by atoms with Crippen LogP contribution in [-0.2, 0) is 33.4 Å². The van der Waals surface area contributed by atoms with Crippen molar-refractivity contribution in [1.29, 1.82) is 0 Å². The average Bonchev–Trinajstić information content (AvgIpc) is 2.86. The van der Waals surface area contributed by atoms with Gasteiger partial charge in [-0.2, -0.15) is 8.42 Å². The van der Waals surface area contributed by atoms with E-state index in [-0.39, 0.29) is 12.6 Å². The fraction of sp³-hybridized carbons (Fsp3) is 0.391. The van der Waals surface area contributed by atoms with Crippen molar-refractivity contribution in [3.63, 3.8) is 0 Å². The molecule has 0 saturated carbocycles. The standard InChI is InChI=1S/C23H25Cl2NO7S/c1-5-31-23(28)21(33-34(4,29)30)20-22(27)26(13(2)3)18-11-10-14(24)12-16(18)19(32-20)15-8-6-7-9-17(15)25/h6-13,19-21H,5H2,1-4H3/t19-,20-,21+/m1/s1. The summed E-state index contributed by atoms with van der Waals surface area (Å²) in [6.07, 6.45) is -3.73. The number of anilines is 1. The van der Waals surface area contributed by atoms with Crippen molar-refractivity contribution >= 4 is 50.9 Å². The highest BCUT2D eigenvalue weighted by Crippen LogP contribution is 2.42. The Labute approximate surface area is 208 Å². The van der Waals surface area contributed by atoms with Crippen LogP contribution < -0.4 is 4.90 Å². The first-order valence-electron chi connectivity index (χ1n) is 10.5. The molecule has 184 valence electrons. The van der Waals surface area contributed by atoms with E-state index in [9.17, 15) is 18.0 Å². The molecule has 0 bridgehead atoms. The lowest BCUT2D eigenvalue weighted by Crippen LogP contribution is -2.52. The summed E-state index contributed by atoms with van der Waals surface area (Å²) in [6, 6.07) is 11.4. The van der Waals surface area contributed by atoms with E-state index < -0.39 is 40.3 Å². The molecule has 0 spiro atoms. The molecule has 0 saturated heterocycles. The van der Waals surface area contributed by atoms with E-state index in [1.54, 1.807) is 63.2 Å². The predicted molar refractivity (Wildman–Crippen MR) is 129 cm³/mol. The first-order chi connectivity index (χ1) is 15.9. The van der Waals surface area contributed by atoms with Gasteiger partial charge in [-0.1, -0.05) is 41.4 Å². The number of carbonyl (C=O) groups excluding carboxylic acids is 2. The van der Waals surface area contributed by atoms with Crippen LogP contribution in [0.2, 0.25) is 10.0 Å². The third-order valence-corrected chi connectivity index (χ3v) is 6.21. The summed E-state index contributed by atoms with van der Waals surface area (Å²) >= 11 is 12.8. The van der Waals surface area contributed by atoms with Crippen LogP contribution in [0, 0.1) is 0 Å². The molecule has 2 aromatic carbocycles. The van der Waals surface area contributed by atoms with Gasteiger partial charge in [-0.3, -0.25) is 8.98 Å². The van der Waals surface area contributed by atoms with Crippen molar-refractivity contribution in [2.75, 3.05) is 17.8 Å². The number of esters is 1. The van der Waals surface area contributed by atoms with Crippen molar-refractivity contribution in [2.24, 2.45) is 0 Å². The van der Waals surface area contributed by atoms with E-state index in [2.05, 4.69) is 0 Å². The monoisotopic (exact) mass is 529 g/mol. The number of hydrogen-bond donors (Lipinski definition) is 0. The zero-order valence-electron chi connectivity index (χ0n) is 19.0. The van der Waals surface area contributed by atoms with Gasteiger partial charge in [0.15, 0.2) is 6.10 Å². The Balaban J connectivity index is 2.27. The number of rotatable bonds is 7. The Morgan fingerprint density at radius 3 is 2.41 bits per heavy atom. The first-order valence-corrected chi connectivity index (χ1v) is 13.1. The molecule has 1 heterocycles. The number of nitrogens with zero attached hydrogens (tertiary/aromatic N) is 1. The second-order valence-electron chi connectivity index (χ2n) is 7.94. The normalized spacial score (nSPS) is 19.5. The summed E-state index contributed by atoms with van der Waals surface area (Å²) < 4.78 is 40.3. The summed E-state index contributed by atoms with van der Waals surface area (Å²) in [6.45, 7) is 5.05. The number of halogens is 2. The van der Waals surface area contributed by atoms with E-state index in [4.69, 9.17) is 36.9 Å². The maximum absolute atomic E-state index is 13.8. The van der Waals surface area contributed by atoms with Crippen LogP contribution in [-0.4, -0.2) is 51.4 Å². The highest BCUT2D eigenvalue weighted by Gasteiger charge is 2.47. The highest BCUT2D eigenvalue weighted by atomic mass is 35.5. The minimum absolute atomic E-state index is 0.0545. The predicted octanol–water partition coefficient (Wildman–Crippen LogP) is 4.13. The Kier molecular flexibility index (Phi) is 8.26. The largest absolute Gasteiger partial charge is 0.464 e. The summed E-state index contributed by atoms with van der Waals surface area (Å²) in [7, 11) is -4.17. The zero-order chi connectivity index (χ0) is 25.2. The summed E-state index contributed by atoms with van der Waals surface area (Å²) in [5.74, 6) is -1.72. The summed E-state index contributed by atoms with van der Waals surface area (Å²) in [5, 5.41) is 0.739. The van der Waals surface area contributed by atoms with Crippen molar-refractivity contribution in [2.45, 2.75) is 45.1 Å². The van der Waals surface area contributed by atoms with Crippen molar-refractivity contribution in [3.8, 4) is 0 Å². The van der Waals surface area contributed by atoms with E-state index >= 15 is 0 Å². The molecular formula is C23H25Cl2NO7S. The van der Waals surface area contributed by atoms with Gasteiger partial charge in [0, 0.05) is 27.2 Å². The van der Waals surface area contributed by atoms with Crippen LogP contribution >= 0.6 is 23.2 Å². The highest BCUT2D eigenvalue weighted by molar-refractivity contribution is 7.86. The van der Waals surface area contributed by atoms with Crippen LogP contribution in [0.3, 0.4) is 0 Å². The molecule has 3 rings (SSSR count). The third-order valence-electron chi connectivity index (χ3n) is 5.07. The molecular weight excluding hydrogens is 505 g/mol. The quantitative estimate of drug-likeness (QED) is 0.392. The minimum atomic E-state index is -4.17. The lowest BCUT2D eigenvalue weighted by molar-refractivity contribution is -0.165. The molecule has 0 aliphatic carbocycles. The lowest BCUT2D eigenvalue weighted by Gasteiger charge is -2.30. The second-order valence-corrected chi connectivity index (χ2v) is 10.4. The van der Waals surface area contributed by atoms with Gasteiger partial charge >= 0.3 is 5.97 Å². The molecule has 0 unspecified atom stereocenters. The molecule has 0 fully saturated rings. The first kappa shape index (κ1) is 26.4. The van der Waals surface area contributed by atoms with Gasteiger partial charge in [-0.05, 0) is 45.0 Å². The van der Waals surface area contributed by atoms with Gasteiger partial charge in [-0.15, -0.1) is 0 Å². The van der Waals surface area contributed by atoms with Crippen LogP contribution in [0.25, 0.3) is 0 Å². The molecule has 0 radical (unpaired) electrons. The van der Waals surface area contributed by atoms with Gasteiger partial charge in [-0.25, -0.2) is 4.79 Å². The number of hydrogen-bond acceptors (Lipinski definition) is 7. The molecule has 1 amide bonds. The number of benzene rings is 2. The van der Waals surface area contributed by atoms with Gasteiger partial charge in [0.05, 0.1) is 18.6 Å². The second kappa shape index (κ2) is 10.6. The molecule has 11 heteroatoms. The SMILES string of the molecule is CCOC(=O)[C@@H](OS(C)(=O)=O)[C@H]1O[C@H](c2ccccc2Cl)c2cc(Cl)ccc2N(C(C)C)C1=O. The van der Waals surface area contributed by atoms with Crippen LogP contribution in [0.1, 0.15) is 38.0 Å². The van der Waals surface area contributed by atoms with Crippen molar-refractivity contribution < 1.29 is 31.7 Å². The van der Waals surface area contributed by atoms with Gasteiger partial charge in [0.25, 0.3) is 16.0 Å². The molecule has 3 atom stereocenters. The van der Waals surface area contributed by atoms with Crippen LogP contribution in [0.5, 0.6) is 0 Å². The fourth-order valence-electron chi connectivity index (χ4n) is 3.78. The Bertz CT molecular complexity index is 1190. The molecule has 8 nitrogen and oxygen atoms in total.